The molecule has 1 N–H and O–H groups in total. The van der Waals surface area contributed by atoms with E-state index in [9.17, 15) is 9.90 Å². The standard InChI is InChI=1S/C28H30NO4/c30-27(28(31,25-14-8-20-32-25)24-12-5-2-6-13-24)33-26-21-23-15-18-29(26,19-16-23)17-7-11-22-9-3-1-4-10-22/h1-14,20,23,26,31H,15-19,21H2/q+1. The molecule has 33 heavy (non-hydrogen) atoms. The van der Waals surface area contributed by atoms with E-state index in [-0.39, 0.29) is 12.0 Å². The first kappa shape index (κ1) is 21.7. The number of hydrogen-bond donors (Lipinski definition) is 1. The molecule has 3 saturated heterocycles. The van der Waals surface area contributed by atoms with Gasteiger partial charge in [-0.05, 0) is 29.7 Å². The molecule has 0 saturated carbocycles. The lowest BCUT2D eigenvalue weighted by Crippen LogP contribution is -2.65. The molecule has 4 heterocycles. The molecule has 3 aliphatic rings. The SMILES string of the molecule is O=C(OC1CC2CC[N+]1(CC=Cc1ccccc1)CC2)C(O)(c1ccccc1)c1ccco1. The molecular formula is C28H30NO4+. The molecule has 0 spiro atoms. The number of rotatable bonds is 7. The third-order valence-corrected chi connectivity index (χ3v) is 7.30. The summed E-state index contributed by atoms with van der Waals surface area (Å²) < 4.78 is 12.4. The van der Waals surface area contributed by atoms with Gasteiger partial charge in [0, 0.05) is 24.8 Å². The smallest absolute Gasteiger partial charge is 0.355 e. The fourth-order valence-electron chi connectivity index (χ4n) is 5.32. The highest BCUT2D eigenvalue weighted by molar-refractivity contribution is 5.84. The maximum atomic E-state index is 13.6. The highest BCUT2D eigenvalue weighted by Crippen LogP contribution is 2.41. The molecule has 3 fully saturated rings. The zero-order valence-electron chi connectivity index (χ0n) is 18.7. The Morgan fingerprint density at radius 3 is 2.39 bits per heavy atom. The van der Waals surface area contributed by atoms with Crippen LogP contribution in [-0.2, 0) is 15.1 Å². The first-order valence-corrected chi connectivity index (χ1v) is 11.7. The number of quaternary nitrogens is 1. The van der Waals surface area contributed by atoms with Gasteiger partial charge in [0.1, 0.15) is 6.54 Å². The number of hydrogen-bond acceptors (Lipinski definition) is 4. The Morgan fingerprint density at radius 1 is 1.03 bits per heavy atom. The predicted molar refractivity (Wildman–Crippen MR) is 126 cm³/mol. The van der Waals surface area contributed by atoms with Gasteiger partial charge in [0.15, 0.2) is 5.76 Å². The number of aliphatic hydroxyl groups is 1. The van der Waals surface area contributed by atoms with Crippen LogP contribution in [0.2, 0.25) is 0 Å². The second-order valence-electron chi connectivity index (χ2n) is 9.25. The first-order valence-electron chi connectivity index (χ1n) is 11.7. The maximum Gasteiger partial charge on any atom is 0.355 e. The molecule has 2 unspecified atom stereocenters. The predicted octanol–water partition coefficient (Wildman–Crippen LogP) is 4.73. The Hall–Kier alpha value is -3.15. The van der Waals surface area contributed by atoms with Crippen LogP contribution in [0.4, 0.5) is 0 Å². The van der Waals surface area contributed by atoms with Crippen LogP contribution in [0.5, 0.6) is 0 Å². The second-order valence-corrected chi connectivity index (χ2v) is 9.25. The molecule has 3 aromatic rings. The van der Waals surface area contributed by atoms with E-state index in [2.05, 4.69) is 24.3 Å². The van der Waals surface area contributed by atoms with Gasteiger partial charge in [0.05, 0.1) is 19.4 Å². The van der Waals surface area contributed by atoms with Gasteiger partial charge in [-0.3, -0.25) is 4.48 Å². The van der Waals surface area contributed by atoms with Crippen molar-refractivity contribution in [2.24, 2.45) is 5.92 Å². The van der Waals surface area contributed by atoms with E-state index in [1.165, 1.54) is 6.26 Å². The molecule has 0 aliphatic carbocycles. The molecular weight excluding hydrogens is 414 g/mol. The fraction of sp³-hybridized carbons (Fsp3) is 0.321. The summed E-state index contributed by atoms with van der Waals surface area (Å²) in [4.78, 5) is 13.6. The minimum Gasteiger partial charge on any atom is -0.465 e. The molecule has 3 aliphatic heterocycles. The van der Waals surface area contributed by atoms with Crippen molar-refractivity contribution in [1.29, 1.82) is 0 Å². The Morgan fingerprint density at radius 2 is 1.73 bits per heavy atom. The fourth-order valence-corrected chi connectivity index (χ4v) is 5.32. The van der Waals surface area contributed by atoms with Crippen molar-refractivity contribution in [2.75, 3.05) is 19.6 Å². The highest BCUT2D eigenvalue weighted by Gasteiger charge is 2.52. The lowest BCUT2D eigenvalue weighted by molar-refractivity contribution is -0.979. The van der Waals surface area contributed by atoms with Gasteiger partial charge < -0.3 is 14.3 Å². The number of benzene rings is 2. The Labute approximate surface area is 194 Å². The van der Waals surface area contributed by atoms with Crippen molar-refractivity contribution in [3.8, 4) is 0 Å². The summed E-state index contributed by atoms with van der Waals surface area (Å²) in [5.74, 6) is 0.0604. The van der Waals surface area contributed by atoms with Gasteiger partial charge in [-0.15, -0.1) is 0 Å². The number of carbonyl (C=O) groups excluding carboxylic acids is 1. The summed E-state index contributed by atoms with van der Waals surface area (Å²) in [5.41, 5.74) is -0.379. The number of furan rings is 1. The Kier molecular flexibility index (Phi) is 5.92. The molecule has 6 rings (SSSR count). The molecule has 0 radical (unpaired) electrons. The number of carbonyl (C=O) groups is 1. The highest BCUT2D eigenvalue weighted by atomic mass is 16.6. The number of ether oxygens (including phenoxy) is 1. The van der Waals surface area contributed by atoms with Crippen molar-refractivity contribution in [3.05, 3.63) is 102 Å². The summed E-state index contributed by atoms with van der Waals surface area (Å²) >= 11 is 0. The van der Waals surface area contributed by atoms with Crippen LogP contribution in [-0.4, -0.2) is 41.4 Å². The van der Waals surface area contributed by atoms with E-state index >= 15 is 0 Å². The first-order chi connectivity index (χ1) is 16.1. The van der Waals surface area contributed by atoms with Gasteiger partial charge >= 0.3 is 5.97 Å². The van der Waals surface area contributed by atoms with Gasteiger partial charge in [-0.2, -0.15) is 0 Å². The van der Waals surface area contributed by atoms with Crippen molar-refractivity contribution < 1.29 is 23.5 Å². The van der Waals surface area contributed by atoms with Crippen molar-refractivity contribution in [1.82, 2.24) is 0 Å². The molecule has 2 bridgehead atoms. The Balaban J connectivity index is 1.40. The van der Waals surface area contributed by atoms with E-state index in [1.807, 2.05) is 24.3 Å². The number of esters is 1. The van der Waals surface area contributed by atoms with Gasteiger partial charge in [0.2, 0.25) is 11.8 Å². The lowest BCUT2D eigenvalue weighted by Gasteiger charge is -2.53. The molecule has 2 atom stereocenters. The second kappa shape index (κ2) is 9.00. The zero-order chi connectivity index (χ0) is 22.7. The van der Waals surface area contributed by atoms with Crippen molar-refractivity contribution >= 4 is 12.0 Å². The summed E-state index contributed by atoms with van der Waals surface area (Å²) in [6, 6.07) is 22.4. The molecule has 5 heteroatoms. The number of nitrogens with zero attached hydrogens (tertiary/aromatic N) is 1. The molecule has 2 aromatic carbocycles. The van der Waals surface area contributed by atoms with Crippen LogP contribution in [0.1, 0.15) is 36.1 Å². The normalized spacial score (nSPS) is 26.2. The van der Waals surface area contributed by atoms with Crippen molar-refractivity contribution in [3.63, 3.8) is 0 Å². The largest absolute Gasteiger partial charge is 0.465 e. The third kappa shape index (κ3) is 4.14. The number of piperidine rings is 3. The van der Waals surface area contributed by atoms with E-state index < -0.39 is 11.6 Å². The van der Waals surface area contributed by atoms with E-state index in [4.69, 9.17) is 9.15 Å². The van der Waals surface area contributed by atoms with Crippen LogP contribution in [0.3, 0.4) is 0 Å². The minimum atomic E-state index is -1.98. The monoisotopic (exact) mass is 444 g/mol. The van der Waals surface area contributed by atoms with Crippen LogP contribution in [0, 0.1) is 5.92 Å². The van der Waals surface area contributed by atoms with E-state index in [0.717, 1.165) is 44.5 Å². The lowest BCUT2D eigenvalue weighted by atomic mass is 9.84. The van der Waals surface area contributed by atoms with E-state index in [0.29, 0.717) is 16.0 Å². The summed E-state index contributed by atoms with van der Waals surface area (Å²) in [6.45, 7) is 2.75. The third-order valence-electron chi connectivity index (χ3n) is 7.30. The molecule has 0 amide bonds. The summed E-state index contributed by atoms with van der Waals surface area (Å²) in [7, 11) is 0. The van der Waals surface area contributed by atoms with E-state index in [1.54, 1.807) is 36.4 Å². The van der Waals surface area contributed by atoms with Crippen LogP contribution < -0.4 is 0 Å². The van der Waals surface area contributed by atoms with Crippen LogP contribution >= 0.6 is 0 Å². The number of fused-ring (bicyclic) bond motifs is 3. The van der Waals surface area contributed by atoms with Gasteiger partial charge in [-0.25, -0.2) is 4.79 Å². The molecule has 170 valence electrons. The Bertz CT molecular complexity index is 1090. The van der Waals surface area contributed by atoms with Crippen LogP contribution in [0.25, 0.3) is 6.08 Å². The van der Waals surface area contributed by atoms with Crippen LogP contribution in [0.15, 0.2) is 89.6 Å². The van der Waals surface area contributed by atoms with Crippen molar-refractivity contribution in [2.45, 2.75) is 31.1 Å². The average Bonchev–Trinajstić information content (AvgIpc) is 3.41. The zero-order valence-corrected chi connectivity index (χ0v) is 18.7. The molecule has 5 nitrogen and oxygen atoms in total. The summed E-state index contributed by atoms with van der Waals surface area (Å²) in [6.07, 6.45) is 8.63. The topological polar surface area (TPSA) is 59.7 Å². The summed E-state index contributed by atoms with van der Waals surface area (Å²) in [5, 5.41) is 11.6. The maximum absolute atomic E-state index is 13.6. The quantitative estimate of drug-likeness (QED) is 0.423. The van der Waals surface area contributed by atoms with Gasteiger partial charge in [-0.1, -0.05) is 66.7 Å². The average molecular weight is 445 g/mol. The molecule has 1 aromatic heterocycles. The minimum absolute atomic E-state index is 0.171. The van der Waals surface area contributed by atoms with Gasteiger partial charge in [0.25, 0.3) is 0 Å².